The molecule has 0 radical (unpaired) electrons. The Bertz CT molecular complexity index is 929. The van der Waals surface area contributed by atoms with Crippen LogP contribution in [0.1, 0.15) is 89.7 Å². The van der Waals surface area contributed by atoms with Crippen LogP contribution < -0.4 is 0 Å². The van der Waals surface area contributed by atoms with Gasteiger partial charge in [-0.2, -0.15) is 0 Å². The van der Waals surface area contributed by atoms with E-state index >= 15 is 0 Å². The van der Waals surface area contributed by atoms with E-state index in [-0.39, 0.29) is 5.75 Å². The molecule has 0 aliphatic heterocycles. The van der Waals surface area contributed by atoms with Gasteiger partial charge in [-0.1, -0.05) is 68.7 Å². The normalized spacial score (nSPS) is 34.0. The van der Waals surface area contributed by atoms with E-state index in [4.69, 9.17) is 0 Å². The zero-order valence-corrected chi connectivity index (χ0v) is 21.5. The molecule has 0 saturated heterocycles. The largest absolute Gasteiger partial charge is 0.508 e. The average molecular weight is 481 g/mol. The quantitative estimate of drug-likeness (QED) is 0.342. The van der Waals surface area contributed by atoms with Crippen molar-refractivity contribution in [1.82, 2.24) is 0 Å². The smallest absolute Gasteiger partial charge is 0.115 e. The minimum absolute atomic E-state index is 0.232. The van der Waals surface area contributed by atoms with Gasteiger partial charge in [-0.3, -0.25) is 0 Å². The molecule has 4 nitrogen and oxygen atoms in total. The number of aromatic hydroxyl groups is 1. The fourth-order valence-electron chi connectivity index (χ4n) is 7.34. The second kappa shape index (κ2) is 11.0. The maximum absolute atomic E-state index is 10.5. The van der Waals surface area contributed by atoms with Gasteiger partial charge in [0.15, 0.2) is 0 Å². The second-order valence-electron chi connectivity index (χ2n) is 11.7. The first-order valence-corrected chi connectivity index (χ1v) is 13.6. The number of phenolic OH excluding ortho intramolecular Hbond substituents is 1. The van der Waals surface area contributed by atoms with E-state index in [0.29, 0.717) is 41.6 Å². The van der Waals surface area contributed by atoms with Gasteiger partial charge in [0.2, 0.25) is 0 Å². The molecule has 192 valence electrons. The van der Waals surface area contributed by atoms with Crippen LogP contribution in [0.25, 0.3) is 0 Å². The molecule has 3 fully saturated rings. The third-order valence-corrected chi connectivity index (χ3v) is 9.44. The van der Waals surface area contributed by atoms with Gasteiger partial charge in [-0.15, -0.1) is 0 Å². The van der Waals surface area contributed by atoms with Crippen LogP contribution in [0.5, 0.6) is 5.75 Å². The lowest BCUT2D eigenvalue weighted by Crippen LogP contribution is -2.36. The van der Waals surface area contributed by atoms with Gasteiger partial charge >= 0.3 is 0 Å². The minimum Gasteiger partial charge on any atom is -0.508 e. The zero-order valence-electron chi connectivity index (χ0n) is 21.5. The van der Waals surface area contributed by atoms with E-state index in [0.717, 1.165) is 36.8 Å². The Morgan fingerprint density at radius 2 is 1.74 bits per heavy atom. The number of allylic oxidation sites excluding steroid dienone is 3. The summed E-state index contributed by atoms with van der Waals surface area (Å²) in [6, 6.07) is 6.89. The number of benzene rings is 1. The summed E-state index contributed by atoms with van der Waals surface area (Å²) in [4.78, 5) is 0. The number of aliphatic hydroxyl groups excluding tert-OH is 3. The predicted octanol–water partition coefficient (Wildman–Crippen LogP) is 6.37. The molecule has 0 amide bonds. The Labute approximate surface area is 211 Å². The van der Waals surface area contributed by atoms with Crippen molar-refractivity contribution in [3.63, 3.8) is 0 Å². The highest BCUT2D eigenvalue weighted by Gasteiger charge is 2.50. The molecule has 0 unspecified atom stereocenters. The van der Waals surface area contributed by atoms with Crippen LogP contribution in [-0.4, -0.2) is 32.6 Å². The third kappa shape index (κ3) is 5.76. The number of fused-ring (bicyclic) bond motifs is 1. The molecule has 35 heavy (non-hydrogen) atoms. The molecule has 0 heterocycles. The Kier molecular flexibility index (Phi) is 8.25. The van der Waals surface area contributed by atoms with Crippen molar-refractivity contribution < 1.29 is 20.4 Å². The van der Waals surface area contributed by atoms with Crippen LogP contribution in [-0.2, 0) is 0 Å². The monoisotopic (exact) mass is 480 g/mol. The van der Waals surface area contributed by atoms with Crippen molar-refractivity contribution in [3.05, 3.63) is 65.3 Å². The molecule has 3 saturated carbocycles. The molecule has 0 aromatic heterocycles. The van der Waals surface area contributed by atoms with Crippen molar-refractivity contribution in [2.45, 2.75) is 96.4 Å². The molecular formula is C31H44O4. The number of hydrogen-bond acceptors (Lipinski definition) is 4. The summed E-state index contributed by atoms with van der Waals surface area (Å²) >= 11 is 0. The lowest BCUT2D eigenvalue weighted by Gasteiger charge is -2.44. The Balaban J connectivity index is 1.35. The summed E-state index contributed by atoms with van der Waals surface area (Å²) in [6.07, 6.45) is 13.0. The van der Waals surface area contributed by atoms with Crippen LogP contribution in [0.2, 0.25) is 0 Å². The van der Waals surface area contributed by atoms with Crippen molar-refractivity contribution in [2.75, 3.05) is 0 Å². The van der Waals surface area contributed by atoms with E-state index in [9.17, 15) is 20.4 Å². The van der Waals surface area contributed by atoms with Crippen LogP contribution in [0.3, 0.4) is 0 Å². The van der Waals surface area contributed by atoms with E-state index in [2.05, 4.69) is 32.6 Å². The summed E-state index contributed by atoms with van der Waals surface area (Å²) in [5.41, 5.74) is 4.42. The summed E-state index contributed by atoms with van der Waals surface area (Å²) in [5, 5.41) is 40.4. The van der Waals surface area contributed by atoms with E-state index in [1.165, 1.54) is 25.7 Å². The standard InChI is InChI=1S/C31H44O4/c1-20(6-4-8-28(33)24-11-13-25(32)14-12-24)26-15-16-27-23(7-5-17-31(26,27)3)10-9-22-18-29(34)21(2)30(35)19-22/h9-14,20,26-30,32-35H,2,4-8,15-19H2,1,3H3/b23-10+/t20-,26-,27+,28-,29-,30-,31-/m1/s1. The number of hydrogen-bond donors (Lipinski definition) is 4. The van der Waals surface area contributed by atoms with Crippen LogP contribution in [0, 0.1) is 23.2 Å². The van der Waals surface area contributed by atoms with Gasteiger partial charge in [0.25, 0.3) is 0 Å². The van der Waals surface area contributed by atoms with E-state index in [1.54, 1.807) is 17.7 Å². The molecule has 4 N–H and O–H groups in total. The lowest BCUT2D eigenvalue weighted by molar-refractivity contribution is 0.0898. The highest BCUT2D eigenvalue weighted by Crippen LogP contribution is 2.60. The van der Waals surface area contributed by atoms with Crippen LogP contribution in [0.15, 0.2) is 59.7 Å². The molecule has 1 aromatic carbocycles. The average Bonchev–Trinajstić information content (AvgIpc) is 3.19. The van der Waals surface area contributed by atoms with Crippen LogP contribution >= 0.6 is 0 Å². The zero-order chi connectivity index (χ0) is 25.2. The highest BCUT2D eigenvalue weighted by atomic mass is 16.3. The van der Waals surface area contributed by atoms with Gasteiger partial charge in [-0.25, -0.2) is 0 Å². The maximum Gasteiger partial charge on any atom is 0.115 e. The van der Waals surface area contributed by atoms with Crippen molar-refractivity contribution in [2.24, 2.45) is 23.2 Å². The first-order chi connectivity index (χ1) is 16.7. The van der Waals surface area contributed by atoms with E-state index in [1.807, 2.05) is 12.1 Å². The number of rotatable bonds is 7. The molecule has 3 aliphatic rings. The topological polar surface area (TPSA) is 80.9 Å². The molecule has 4 rings (SSSR count). The Morgan fingerprint density at radius 3 is 2.43 bits per heavy atom. The van der Waals surface area contributed by atoms with Gasteiger partial charge < -0.3 is 20.4 Å². The summed E-state index contributed by atoms with van der Waals surface area (Å²) in [6.45, 7) is 8.74. The molecule has 7 atom stereocenters. The fraction of sp³-hybridized carbons (Fsp3) is 0.613. The van der Waals surface area contributed by atoms with Crippen molar-refractivity contribution in [1.29, 1.82) is 0 Å². The summed E-state index contributed by atoms with van der Waals surface area (Å²) < 4.78 is 0. The second-order valence-corrected chi connectivity index (χ2v) is 11.7. The number of phenols is 1. The molecule has 4 heteroatoms. The molecule has 3 aliphatic carbocycles. The molecular weight excluding hydrogens is 436 g/mol. The Hall–Kier alpha value is -1.88. The van der Waals surface area contributed by atoms with Crippen LogP contribution in [0.4, 0.5) is 0 Å². The molecule has 0 spiro atoms. The maximum atomic E-state index is 10.5. The number of aliphatic hydroxyl groups is 3. The predicted molar refractivity (Wildman–Crippen MR) is 141 cm³/mol. The minimum atomic E-state index is -0.635. The third-order valence-electron chi connectivity index (χ3n) is 9.44. The highest BCUT2D eigenvalue weighted by molar-refractivity contribution is 5.30. The van der Waals surface area contributed by atoms with Crippen molar-refractivity contribution >= 4 is 0 Å². The first-order valence-electron chi connectivity index (χ1n) is 13.6. The van der Waals surface area contributed by atoms with E-state index < -0.39 is 18.3 Å². The summed E-state index contributed by atoms with van der Waals surface area (Å²) in [7, 11) is 0. The SMILES string of the molecule is C=C1[C@H](O)CC(=C/C=C2\CCC[C@]3(C)[C@@H]([C@H](C)CCC[C@@H](O)c4ccc(O)cc4)CC[C@@H]23)C[C@H]1O. The Morgan fingerprint density at radius 1 is 1.06 bits per heavy atom. The van der Waals surface area contributed by atoms with Gasteiger partial charge in [0.1, 0.15) is 5.75 Å². The van der Waals surface area contributed by atoms with Gasteiger partial charge in [0.05, 0.1) is 18.3 Å². The lowest BCUT2D eigenvalue weighted by atomic mass is 9.60. The first kappa shape index (κ1) is 26.2. The fourth-order valence-corrected chi connectivity index (χ4v) is 7.34. The van der Waals surface area contributed by atoms with Crippen molar-refractivity contribution in [3.8, 4) is 5.75 Å². The molecule has 0 bridgehead atoms. The van der Waals surface area contributed by atoms with Gasteiger partial charge in [0, 0.05) is 0 Å². The van der Waals surface area contributed by atoms with Gasteiger partial charge in [-0.05, 0) is 97.8 Å². The molecule has 1 aromatic rings. The summed E-state index contributed by atoms with van der Waals surface area (Å²) in [5.74, 6) is 2.19.